The predicted octanol–water partition coefficient (Wildman–Crippen LogP) is 2.11. The van der Waals surface area contributed by atoms with Gasteiger partial charge >= 0.3 is 5.97 Å². The number of esters is 1. The molecule has 0 saturated carbocycles. The molecule has 1 aliphatic heterocycles. The zero-order chi connectivity index (χ0) is 22.7. The van der Waals surface area contributed by atoms with Crippen molar-refractivity contribution < 1.29 is 14.3 Å². The number of hydrogen-bond donors (Lipinski definition) is 0. The summed E-state index contributed by atoms with van der Waals surface area (Å²) in [7, 11) is 1.36. The Balaban J connectivity index is 1.44. The maximum atomic E-state index is 12.8. The van der Waals surface area contributed by atoms with Crippen LogP contribution in [0.2, 0.25) is 5.02 Å². The topological polar surface area (TPSA) is 84.7 Å². The summed E-state index contributed by atoms with van der Waals surface area (Å²) < 4.78 is 6.35. The minimum atomic E-state index is -0.568. The SMILES string of the molecule is COC(=O)C(c1ccc(Cl)cc1)N1CCN(C(=O)Cn2cnc3ccccc3c2=O)CC1. The highest BCUT2D eigenvalue weighted by Gasteiger charge is 2.32. The molecule has 1 atom stereocenters. The van der Waals surface area contributed by atoms with Gasteiger partial charge in [-0.15, -0.1) is 0 Å². The lowest BCUT2D eigenvalue weighted by Gasteiger charge is -2.38. The van der Waals surface area contributed by atoms with E-state index in [0.717, 1.165) is 5.56 Å². The van der Waals surface area contributed by atoms with Crippen LogP contribution in [-0.4, -0.2) is 64.5 Å². The molecule has 8 nitrogen and oxygen atoms in total. The highest BCUT2D eigenvalue weighted by molar-refractivity contribution is 6.30. The van der Waals surface area contributed by atoms with Crippen LogP contribution in [0.15, 0.2) is 59.7 Å². The minimum absolute atomic E-state index is 0.0751. The Hall–Kier alpha value is -3.23. The van der Waals surface area contributed by atoms with Gasteiger partial charge in [0.2, 0.25) is 5.91 Å². The Morgan fingerprint density at radius 3 is 2.44 bits per heavy atom. The first kappa shape index (κ1) is 22.0. The molecule has 166 valence electrons. The molecule has 2 heterocycles. The smallest absolute Gasteiger partial charge is 0.327 e. The molecule has 1 aliphatic rings. The van der Waals surface area contributed by atoms with Crippen molar-refractivity contribution in [2.45, 2.75) is 12.6 Å². The van der Waals surface area contributed by atoms with Gasteiger partial charge in [0.1, 0.15) is 12.6 Å². The van der Waals surface area contributed by atoms with Crippen LogP contribution in [0, 0.1) is 0 Å². The van der Waals surface area contributed by atoms with Crippen molar-refractivity contribution in [3.8, 4) is 0 Å². The first-order valence-corrected chi connectivity index (χ1v) is 10.6. The molecule has 1 fully saturated rings. The van der Waals surface area contributed by atoms with E-state index in [0.29, 0.717) is 42.1 Å². The van der Waals surface area contributed by atoms with E-state index in [2.05, 4.69) is 4.98 Å². The van der Waals surface area contributed by atoms with Crippen molar-refractivity contribution in [2.75, 3.05) is 33.3 Å². The number of carbonyl (C=O) groups is 2. The zero-order valence-electron chi connectivity index (χ0n) is 17.6. The van der Waals surface area contributed by atoms with E-state index >= 15 is 0 Å². The van der Waals surface area contributed by atoms with Crippen LogP contribution in [0.25, 0.3) is 10.9 Å². The third kappa shape index (κ3) is 4.51. The number of methoxy groups -OCH3 is 1. The van der Waals surface area contributed by atoms with Gasteiger partial charge in [0.05, 0.1) is 24.3 Å². The fourth-order valence-corrected chi connectivity index (χ4v) is 4.07. The number of piperazine rings is 1. The molecule has 0 bridgehead atoms. The summed E-state index contributed by atoms with van der Waals surface area (Å²) in [6.07, 6.45) is 1.41. The number of hydrogen-bond acceptors (Lipinski definition) is 6. The quantitative estimate of drug-likeness (QED) is 0.549. The second-order valence-corrected chi connectivity index (χ2v) is 8.03. The average molecular weight is 455 g/mol. The van der Waals surface area contributed by atoms with E-state index in [4.69, 9.17) is 16.3 Å². The first-order chi connectivity index (χ1) is 15.5. The first-order valence-electron chi connectivity index (χ1n) is 10.3. The largest absolute Gasteiger partial charge is 0.468 e. The third-order valence-electron chi connectivity index (χ3n) is 5.68. The fourth-order valence-electron chi connectivity index (χ4n) is 3.95. The van der Waals surface area contributed by atoms with E-state index in [1.165, 1.54) is 18.0 Å². The van der Waals surface area contributed by atoms with Gasteiger partial charge in [-0.25, -0.2) is 9.78 Å². The van der Waals surface area contributed by atoms with E-state index in [1.807, 2.05) is 11.0 Å². The monoisotopic (exact) mass is 454 g/mol. The van der Waals surface area contributed by atoms with Gasteiger partial charge < -0.3 is 9.64 Å². The van der Waals surface area contributed by atoms with Gasteiger partial charge in [-0.3, -0.25) is 19.1 Å². The number of para-hydroxylation sites is 1. The zero-order valence-corrected chi connectivity index (χ0v) is 18.4. The number of amides is 1. The minimum Gasteiger partial charge on any atom is -0.468 e. The molecule has 1 amide bonds. The summed E-state index contributed by atoms with van der Waals surface area (Å²) in [5, 5.41) is 1.07. The van der Waals surface area contributed by atoms with Crippen LogP contribution in [0.4, 0.5) is 0 Å². The van der Waals surface area contributed by atoms with Crippen molar-refractivity contribution in [3.05, 3.63) is 75.8 Å². The number of halogens is 1. The van der Waals surface area contributed by atoms with Crippen molar-refractivity contribution in [1.29, 1.82) is 0 Å². The number of rotatable bonds is 5. The van der Waals surface area contributed by atoms with Gasteiger partial charge in [-0.2, -0.15) is 0 Å². The normalized spacial score (nSPS) is 15.5. The van der Waals surface area contributed by atoms with Crippen LogP contribution in [0.3, 0.4) is 0 Å². The number of aromatic nitrogens is 2. The fraction of sp³-hybridized carbons (Fsp3) is 0.304. The predicted molar refractivity (Wildman–Crippen MR) is 120 cm³/mol. The second-order valence-electron chi connectivity index (χ2n) is 7.59. The summed E-state index contributed by atoms with van der Waals surface area (Å²) >= 11 is 5.98. The summed E-state index contributed by atoms with van der Waals surface area (Å²) in [4.78, 5) is 45.9. The van der Waals surface area contributed by atoms with E-state index in [9.17, 15) is 14.4 Å². The van der Waals surface area contributed by atoms with Crippen molar-refractivity contribution in [2.24, 2.45) is 0 Å². The van der Waals surface area contributed by atoms with Gasteiger partial charge in [0, 0.05) is 31.2 Å². The maximum absolute atomic E-state index is 12.8. The molecule has 3 aromatic rings. The Morgan fingerprint density at radius 1 is 1.06 bits per heavy atom. The van der Waals surface area contributed by atoms with Crippen LogP contribution < -0.4 is 5.56 Å². The summed E-state index contributed by atoms with van der Waals surface area (Å²) in [6, 6.07) is 13.6. The standard InChI is InChI=1S/C23H23ClN4O4/c1-32-23(31)21(16-6-8-17(24)9-7-16)27-12-10-26(11-13-27)20(29)14-28-15-25-19-5-3-2-4-18(19)22(28)30/h2-9,15,21H,10-14H2,1H3. The molecule has 9 heteroatoms. The van der Waals surface area contributed by atoms with Crippen molar-refractivity contribution in [3.63, 3.8) is 0 Å². The Morgan fingerprint density at radius 2 is 1.75 bits per heavy atom. The molecule has 0 aliphatic carbocycles. The summed E-state index contributed by atoms with van der Waals surface area (Å²) in [6.45, 7) is 1.80. The molecule has 0 N–H and O–H groups in total. The number of benzene rings is 2. The molecule has 32 heavy (non-hydrogen) atoms. The molecule has 4 rings (SSSR count). The molecular weight excluding hydrogens is 432 g/mol. The van der Waals surface area contributed by atoms with Gasteiger partial charge in [0.25, 0.3) is 5.56 Å². The number of ether oxygens (including phenoxy) is 1. The number of carbonyl (C=O) groups excluding carboxylic acids is 2. The van der Waals surface area contributed by atoms with E-state index < -0.39 is 6.04 Å². The highest BCUT2D eigenvalue weighted by atomic mass is 35.5. The lowest BCUT2D eigenvalue weighted by molar-refractivity contribution is -0.148. The molecule has 2 aromatic carbocycles. The van der Waals surface area contributed by atoms with Crippen LogP contribution in [0.1, 0.15) is 11.6 Å². The molecule has 1 unspecified atom stereocenters. The Kier molecular flexibility index (Phi) is 6.53. The second kappa shape index (κ2) is 9.50. The Labute approximate surface area is 190 Å². The number of nitrogens with zero attached hydrogens (tertiary/aromatic N) is 4. The van der Waals surface area contributed by atoms with Crippen molar-refractivity contribution >= 4 is 34.4 Å². The highest BCUT2D eigenvalue weighted by Crippen LogP contribution is 2.25. The number of fused-ring (bicyclic) bond motifs is 1. The molecule has 0 spiro atoms. The molecule has 0 radical (unpaired) electrons. The van der Waals surface area contributed by atoms with Crippen LogP contribution in [0.5, 0.6) is 0 Å². The van der Waals surface area contributed by atoms with Gasteiger partial charge in [-0.1, -0.05) is 35.9 Å². The van der Waals surface area contributed by atoms with Gasteiger partial charge in [0.15, 0.2) is 0 Å². The maximum Gasteiger partial charge on any atom is 0.327 e. The third-order valence-corrected chi connectivity index (χ3v) is 5.93. The Bertz CT molecular complexity index is 1190. The average Bonchev–Trinajstić information content (AvgIpc) is 2.82. The van der Waals surface area contributed by atoms with Crippen LogP contribution in [-0.2, 0) is 20.9 Å². The lowest BCUT2D eigenvalue weighted by atomic mass is 10.0. The molecule has 1 saturated heterocycles. The van der Waals surface area contributed by atoms with E-state index in [-0.39, 0.29) is 24.0 Å². The van der Waals surface area contributed by atoms with Crippen LogP contribution >= 0.6 is 11.6 Å². The molecule has 1 aromatic heterocycles. The van der Waals surface area contributed by atoms with Crippen molar-refractivity contribution in [1.82, 2.24) is 19.4 Å². The lowest BCUT2D eigenvalue weighted by Crippen LogP contribution is -2.52. The summed E-state index contributed by atoms with van der Waals surface area (Å²) in [5.41, 5.74) is 1.15. The molecular formula is C23H23ClN4O4. The summed E-state index contributed by atoms with van der Waals surface area (Å²) in [5.74, 6) is -0.522. The van der Waals surface area contributed by atoms with Gasteiger partial charge in [-0.05, 0) is 29.8 Å². The van der Waals surface area contributed by atoms with E-state index in [1.54, 1.807) is 47.4 Å².